The Morgan fingerprint density at radius 3 is 2.62 bits per heavy atom. The van der Waals surface area contributed by atoms with Gasteiger partial charge in [0.15, 0.2) is 0 Å². The van der Waals surface area contributed by atoms with Crippen molar-refractivity contribution in [1.82, 2.24) is 5.32 Å². The monoisotopic (exact) mass is 283 g/mol. The Labute approximate surface area is 106 Å². The Bertz CT molecular complexity index is 374. The fraction of sp³-hybridized carbons (Fsp3) is 0.538. The smallest absolute Gasteiger partial charge is 0.133 e. The highest BCUT2D eigenvalue weighted by Crippen LogP contribution is 2.44. The van der Waals surface area contributed by atoms with E-state index in [4.69, 9.17) is 4.74 Å². The number of hydrogen-bond donors (Lipinski definition) is 1. The van der Waals surface area contributed by atoms with Gasteiger partial charge in [-0.05, 0) is 53.5 Å². The summed E-state index contributed by atoms with van der Waals surface area (Å²) < 4.78 is 6.31. The molecule has 0 aromatic heterocycles. The minimum atomic E-state index is 0.351. The zero-order valence-corrected chi connectivity index (χ0v) is 11.4. The van der Waals surface area contributed by atoms with Crippen molar-refractivity contribution < 1.29 is 4.74 Å². The third-order valence-corrected chi connectivity index (χ3v) is 4.21. The van der Waals surface area contributed by atoms with Crippen LogP contribution in [0, 0.1) is 0 Å². The summed E-state index contributed by atoms with van der Waals surface area (Å²) in [6.45, 7) is 1.06. The van der Waals surface area contributed by atoms with Crippen molar-refractivity contribution >= 4 is 15.9 Å². The molecule has 0 amide bonds. The lowest BCUT2D eigenvalue weighted by Crippen LogP contribution is -2.42. The topological polar surface area (TPSA) is 21.3 Å². The molecule has 0 aliphatic heterocycles. The van der Waals surface area contributed by atoms with Crippen molar-refractivity contribution in [1.29, 1.82) is 0 Å². The van der Waals surface area contributed by atoms with Crippen molar-refractivity contribution in [2.75, 3.05) is 20.7 Å². The van der Waals surface area contributed by atoms with Crippen LogP contribution in [0.25, 0.3) is 0 Å². The number of halogens is 1. The first kappa shape index (κ1) is 11.9. The van der Waals surface area contributed by atoms with Gasteiger partial charge in [0, 0.05) is 12.0 Å². The highest BCUT2D eigenvalue weighted by Gasteiger charge is 2.38. The Morgan fingerprint density at radius 1 is 1.44 bits per heavy atom. The van der Waals surface area contributed by atoms with Crippen molar-refractivity contribution in [3.05, 3.63) is 28.2 Å². The predicted molar refractivity (Wildman–Crippen MR) is 70.1 cm³/mol. The van der Waals surface area contributed by atoms with Crippen LogP contribution in [0.5, 0.6) is 5.75 Å². The molecular formula is C13H18BrNO. The second kappa shape index (κ2) is 4.76. The number of benzene rings is 1. The standard InChI is InChI=1S/C13H18BrNO/c1-15-9-13(6-3-7-13)10-4-5-12(16-2)11(14)8-10/h4-5,8,15H,3,6-7,9H2,1-2H3. The number of methoxy groups -OCH3 is 1. The van der Waals surface area contributed by atoms with Gasteiger partial charge in [0.05, 0.1) is 11.6 Å². The van der Waals surface area contributed by atoms with Crippen LogP contribution in [-0.4, -0.2) is 20.7 Å². The Hall–Kier alpha value is -0.540. The molecule has 0 atom stereocenters. The third kappa shape index (κ3) is 1.98. The van der Waals surface area contributed by atoms with Crippen LogP contribution >= 0.6 is 15.9 Å². The summed E-state index contributed by atoms with van der Waals surface area (Å²) in [5.74, 6) is 0.905. The fourth-order valence-corrected chi connectivity index (χ4v) is 3.05. The largest absolute Gasteiger partial charge is 0.496 e. The molecule has 0 unspecified atom stereocenters. The van der Waals surface area contributed by atoms with E-state index in [2.05, 4.69) is 39.4 Å². The molecule has 1 aliphatic carbocycles. The molecule has 1 N–H and O–H groups in total. The molecule has 1 fully saturated rings. The van der Waals surface area contributed by atoms with Gasteiger partial charge in [-0.3, -0.25) is 0 Å². The van der Waals surface area contributed by atoms with Crippen LogP contribution in [0.2, 0.25) is 0 Å². The SMILES string of the molecule is CNCC1(c2ccc(OC)c(Br)c2)CCC1. The maximum Gasteiger partial charge on any atom is 0.133 e. The molecule has 3 heteroatoms. The van der Waals surface area contributed by atoms with E-state index < -0.39 is 0 Å². The van der Waals surface area contributed by atoms with Crippen molar-refractivity contribution in [3.63, 3.8) is 0 Å². The van der Waals surface area contributed by atoms with Crippen LogP contribution in [0.15, 0.2) is 22.7 Å². The molecule has 1 aromatic carbocycles. The minimum Gasteiger partial charge on any atom is -0.496 e. The average molecular weight is 284 g/mol. The lowest BCUT2D eigenvalue weighted by molar-refractivity contribution is 0.238. The fourth-order valence-electron chi connectivity index (χ4n) is 2.51. The molecule has 88 valence electrons. The van der Waals surface area contributed by atoms with Crippen molar-refractivity contribution in [2.45, 2.75) is 24.7 Å². The number of hydrogen-bond acceptors (Lipinski definition) is 2. The normalized spacial score (nSPS) is 17.9. The molecule has 0 spiro atoms. The van der Waals surface area contributed by atoms with Gasteiger partial charge in [-0.25, -0.2) is 0 Å². The summed E-state index contributed by atoms with van der Waals surface area (Å²) in [6.07, 6.45) is 3.91. The quantitative estimate of drug-likeness (QED) is 0.917. The molecular weight excluding hydrogens is 266 g/mol. The maximum atomic E-state index is 5.26. The summed E-state index contributed by atoms with van der Waals surface area (Å²) in [7, 11) is 3.73. The number of ether oxygens (including phenoxy) is 1. The van der Waals surface area contributed by atoms with Gasteiger partial charge in [0.1, 0.15) is 5.75 Å². The van der Waals surface area contributed by atoms with E-state index in [1.807, 2.05) is 7.05 Å². The summed E-state index contributed by atoms with van der Waals surface area (Å²) in [4.78, 5) is 0. The predicted octanol–water partition coefficient (Wildman–Crippen LogP) is 3.10. The van der Waals surface area contributed by atoms with Gasteiger partial charge in [0.2, 0.25) is 0 Å². The van der Waals surface area contributed by atoms with E-state index in [1.54, 1.807) is 7.11 Å². The molecule has 0 bridgehead atoms. The molecule has 2 rings (SSSR count). The first-order valence-corrected chi connectivity index (χ1v) is 6.50. The summed E-state index contributed by atoms with van der Waals surface area (Å²) in [5, 5.41) is 3.31. The molecule has 1 saturated carbocycles. The highest BCUT2D eigenvalue weighted by molar-refractivity contribution is 9.10. The van der Waals surface area contributed by atoms with E-state index in [-0.39, 0.29) is 0 Å². The Kier molecular flexibility index (Phi) is 3.55. The summed E-state index contributed by atoms with van der Waals surface area (Å²) in [6, 6.07) is 6.45. The van der Waals surface area contributed by atoms with Gasteiger partial charge < -0.3 is 10.1 Å². The lowest BCUT2D eigenvalue weighted by atomic mass is 9.64. The lowest BCUT2D eigenvalue weighted by Gasteiger charge is -2.42. The average Bonchev–Trinajstić information content (AvgIpc) is 2.23. The van der Waals surface area contributed by atoms with Gasteiger partial charge in [-0.15, -0.1) is 0 Å². The summed E-state index contributed by atoms with van der Waals surface area (Å²) >= 11 is 3.56. The maximum absolute atomic E-state index is 5.26. The molecule has 1 aromatic rings. The van der Waals surface area contributed by atoms with Crippen LogP contribution in [0.4, 0.5) is 0 Å². The zero-order chi connectivity index (χ0) is 11.6. The van der Waals surface area contributed by atoms with Gasteiger partial charge >= 0.3 is 0 Å². The third-order valence-electron chi connectivity index (χ3n) is 3.59. The molecule has 0 heterocycles. The van der Waals surface area contributed by atoms with Crippen LogP contribution < -0.4 is 10.1 Å². The van der Waals surface area contributed by atoms with Gasteiger partial charge in [0.25, 0.3) is 0 Å². The van der Waals surface area contributed by atoms with E-state index >= 15 is 0 Å². The number of likely N-dealkylation sites (N-methyl/N-ethyl adjacent to an activating group) is 1. The van der Waals surface area contributed by atoms with Crippen LogP contribution in [0.1, 0.15) is 24.8 Å². The molecule has 0 saturated heterocycles. The van der Waals surface area contributed by atoms with Gasteiger partial charge in [-0.2, -0.15) is 0 Å². The second-order valence-electron chi connectivity index (χ2n) is 4.51. The van der Waals surface area contributed by atoms with E-state index in [0.29, 0.717) is 5.41 Å². The first-order chi connectivity index (χ1) is 7.72. The first-order valence-electron chi connectivity index (χ1n) is 5.70. The molecule has 2 nitrogen and oxygen atoms in total. The van der Waals surface area contributed by atoms with Crippen molar-refractivity contribution in [3.8, 4) is 5.75 Å². The summed E-state index contributed by atoms with van der Waals surface area (Å²) in [5.41, 5.74) is 1.77. The highest BCUT2D eigenvalue weighted by atomic mass is 79.9. The number of rotatable bonds is 4. The van der Waals surface area contributed by atoms with Crippen LogP contribution in [-0.2, 0) is 5.41 Å². The van der Waals surface area contributed by atoms with Gasteiger partial charge in [-0.1, -0.05) is 12.5 Å². The Morgan fingerprint density at radius 2 is 2.19 bits per heavy atom. The molecule has 16 heavy (non-hydrogen) atoms. The second-order valence-corrected chi connectivity index (χ2v) is 5.37. The van der Waals surface area contributed by atoms with Crippen LogP contribution in [0.3, 0.4) is 0 Å². The zero-order valence-electron chi connectivity index (χ0n) is 9.85. The van der Waals surface area contributed by atoms with E-state index in [9.17, 15) is 0 Å². The minimum absolute atomic E-state index is 0.351. The van der Waals surface area contributed by atoms with E-state index in [1.165, 1.54) is 24.8 Å². The number of nitrogens with one attached hydrogen (secondary N) is 1. The van der Waals surface area contributed by atoms with Crippen molar-refractivity contribution in [2.24, 2.45) is 0 Å². The Balaban J connectivity index is 2.29. The van der Waals surface area contributed by atoms with E-state index in [0.717, 1.165) is 16.8 Å². The molecule has 0 radical (unpaired) electrons. The molecule has 1 aliphatic rings.